The zero-order valence-electron chi connectivity index (χ0n) is 17.3. The van der Waals surface area contributed by atoms with Crippen molar-refractivity contribution in [2.24, 2.45) is 16.5 Å². The summed E-state index contributed by atoms with van der Waals surface area (Å²) in [5, 5.41) is 15.5. The Hall–Kier alpha value is -2.45. The molecule has 1 aromatic heterocycles. The second kappa shape index (κ2) is 9.06. The standard InChI is InChI=1S/C17H22FN3O4S.C2HF3O2/c18-14-13(26(19,23)24)4-3-12-15(14)25-16(22)21(12)10-17(5-6-17)8-11-2-1-7-20-9-11;3-2(4,5)1(6)7/h3-4,11,20H,1-2,5-10H2,(H2,19,23,24);(H,6,7). The first-order chi connectivity index (χ1) is 15.2. The highest BCUT2D eigenvalue weighted by Crippen LogP contribution is 2.52. The van der Waals surface area contributed by atoms with Crippen molar-refractivity contribution in [3.8, 4) is 0 Å². The summed E-state index contributed by atoms with van der Waals surface area (Å²) < 4.78 is 75.6. The van der Waals surface area contributed by atoms with E-state index in [0.717, 1.165) is 44.8 Å². The molecule has 4 N–H and O–H groups in total. The van der Waals surface area contributed by atoms with Gasteiger partial charge in [0.15, 0.2) is 11.4 Å². The molecule has 1 aliphatic heterocycles. The number of piperidine rings is 1. The van der Waals surface area contributed by atoms with Crippen LogP contribution in [0.15, 0.2) is 26.2 Å². The zero-order chi connectivity index (χ0) is 24.6. The van der Waals surface area contributed by atoms with Gasteiger partial charge < -0.3 is 14.8 Å². The van der Waals surface area contributed by atoms with Gasteiger partial charge in [-0.3, -0.25) is 4.57 Å². The third-order valence-electron chi connectivity index (χ3n) is 5.86. The van der Waals surface area contributed by atoms with Gasteiger partial charge in [0.2, 0.25) is 10.0 Å². The summed E-state index contributed by atoms with van der Waals surface area (Å²) in [4.78, 5) is 20.5. The second-order valence-corrected chi connectivity index (χ2v) is 9.97. The van der Waals surface area contributed by atoms with Crippen LogP contribution in [-0.4, -0.2) is 43.3 Å². The molecule has 1 unspecified atom stereocenters. The van der Waals surface area contributed by atoms with E-state index in [2.05, 4.69) is 5.32 Å². The van der Waals surface area contributed by atoms with Crippen LogP contribution >= 0.6 is 0 Å². The molecule has 184 valence electrons. The number of carbonyl (C=O) groups is 1. The Kier molecular flexibility index (Phi) is 6.92. The number of nitrogens with two attached hydrogens (primary N) is 1. The van der Waals surface area contributed by atoms with E-state index >= 15 is 0 Å². The largest absolute Gasteiger partial charge is 0.490 e. The Morgan fingerprint density at radius 3 is 2.45 bits per heavy atom. The third-order valence-corrected chi connectivity index (χ3v) is 6.79. The highest BCUT2D eigenvalue weighted by Gasteiger charge is 2.45. The average Bonchev–Trinajstić information content (AvgIpc) is 3.38. The highest BCUT2D eigenvalue weighted by molar-refractivity contribution is 7.89. The number of nitrogens with zero attached hydrogens (tertiary/aromatic N) is 1. The molecule has 1 aromatic carbocycles. The predicted octanol–water partition coefficient (Wildman–Crippen LogP) is 2.18. The average molecular weight is 497 g/mol. The molecule has 2 fully saturated rings. The SMILES string of the molecule is NS(=O)(=O)c1ccc2c(oc(=O)n2CC2(CC3CCCNC3)CC2)c1F.O=C(O)C(F)(F)F. The van der Waals surface area contributed by atoms with Gasteiger partial charge in [0, 0.05) is 6.54 Å². The van der Waals surface area contributed by atoms with E-state index in [9.17, 15) is 30.8 Å². The van der Waals surface area contributed by atoms with E-state index < -0.39 is 38.6 Å². The van der Waals surface area contributed by atoms with Crippen molar-refractivity contribution in [3.63, 3.8) is 0 Å². The van der Waals surface area contributed by atoms with E-state index in [1.807, 2.05) is 0 Å². The molecule has 33 heavy (non-hydrogen) atoms. The van der Waals surface area contributed by atoms with Gasteiger partial charge in [0.1, 0.15) is 4.90 Å². The summed E-state index contributed by atoms with van der Waals surface area (Å²) in [7, 11) is -4.22. The van der Waals surface area contributed by atoms with E-state index in [1.54, 1.807) is 0 Å². The van der Waals surface area contributed by atoms with Crippen LogP contribution in [0.1, 0.15) is 32.1 Å². The van der Waals surface area contributed by atoms with Gasteiger partial charge in [0.25, 0.3) is 0 Å². The highest BCUT2D eigenvalue weighted by atomic mass is 32.2. The Morgan fingerprint density at radius 2 is 1.97 bits per heavy atom. The number of aromatic nitrogens is 1. The van der Waals surface area contributed by atoms with Crippen molar-refractivity contribution in [2.75, 3.05) is 13.1 Å². The van der Waals surface area contributed by atoms with Gasteiger partial charge in [0.05, 0.1) is 5.52 Å². The number of alkyl halides is 3. The summed E-state index contributed by atoms with van der Waals surface area (Å²) in [6.45, 7) is 2.51. The van der Waals surface area contributed by atoms with Crippen LogP contribution in [-0.2, 0) is 21.4 Å². The van der Waals surface area contributed by atoms with E-state index in [4.69, 9.17) is 19.5 Å². The maximum absolute atomic E-state index is 14.5. The molecular weight excluding hydrogens is 474 g/mol. The van der Waals surface area contributed by atoms with E-state index in [1.165, 1.54) is 17.1 Å². The molecule has 14 heteroatoms. The Morgan fingerprint density at radius 1 is 1.33 bits per heavy atom. The van der Waals surface area contributed by atoms with Crippen LogP contribution < -0.4 is 16.2 Å². The summed E-state index contributed by atoms with van der Waals surface area (Å²) in [5.74, 6) is -3.95. The quantitative estimate of drug-likeness (QED) is 0.537. The predicted molar refractivity (Wildman–Crippen MR) is 107 cm³/mol. The van der Waals surface area contributed by atoms with Crippen molar-refractivity contribution in [1.29, 1.82) is 0 Å². The molecule has 1 saturated carbocycles. The Balaban J connectivity index is 0.000000383. The number of nitrogens with one attached hydrogen (secondary N) is 1. The lowest BCUT2D eigenvalue weighted by atomic mass is 9.87. The number of benzene rings is 1. The van der Waals surface area contributed by atoms with Crippen molar-refractivity contribution < 1.29 is 40.3 Å². The van der Waals surface area contributed by atoms with Crippen LogP contribution in [0.5, 0.6) is 0 Å². The summed E-state index contributed by atoms with van der Waals surface area (Å²) in [5.41, 5.74) is -0.0380. The van der Waals surface area contributed by atoms with Crippen molar-refractivity contribution in [2.45, 2.75) is 49.7 Å². The number of hydrogen-bond donors (Lipinski definition) is 3. The van der Waals surface area contributed by atoms with Crippen molar-refractivity contribution >= 4 is 27.1 Å². The first-order valence-electron chi connectivity index (χ1n) is 10.1. The van der Waals surface area contributed by atoms with Crippen LogP contribution in [0.4, 0.5) is 17.6 Å². The maximum Gasteiger partial charge on any atom is 0.490 e. The number of sulfonamides is 1. The molecule has 1 atom stereocenters. The minimum absolute atomic E-state index is 0.0411. The number of primary sulfonamides is 1. The lowest BCUT2D eigenvalue weighted by Crippen LogP contribution is -2.32. The lowest BCUT2D eigenvalue weighted by Gasteiger charge is -2.27. The van der Waals surface area contributed by atoms with Gasteiger partial charge in [-0.1, -0.05) is 0 Å². The number of carboxylic acids is 1. The molecule has 0 bridgehead atoms. The Labute approximate surface area is 185 Å². The smallest absolute Gasteiger partial charge is 0.475 e. The maximum atomic E-state index is 14.5. The number of fused-ring (bicyclic) bond motifs is 1. The fourth-order valence-corrected chi connectivity index (χ4v) is 4.70. The number of halogens is 4. The normalized spacial score (nSPS) is 20.2. The second-order valence-electron chi connectivity index (χ2n) is 8.44. The number of oxazole rings is 1. The molecule has 2 heterocycles. The lowest BCUT2D eigenvalue weighted by molar-refractivity contribution is -0.192. The van der Waals surface area contributed by atoms with Crippen LogP contribution in [0.2, 0.25) is 0 Å². The first-order valence-corrected chi connectivity index (χ1v) is 11.6. The van der Waals surface area contributed by atoms with Crippen LogP contribution in [0.25, 0.3) is 11.1 Å². The van der Waals surface area contributed by atoms with Crippen LogP contribution in [0.3, 0.4) is 0 Å². The molecule has 4 rings (SSSR count). The fourth-order valence-electron chi connectivity index (χ4n) is 4.10. The number of aliphatic carboxylic acids is 1. The van der Waals surface area contributed by atoms with Gasteiger partial charge in [-0.15, -0.1) is 0 Å². The Bertz CT molecular complexity index is 1190. The van der Waals surface area contributed by atoms with E-state index in [-0.39, 0.29) is 16.5 Å². The molecular formula is C19H23F4N3O6S. The molecule has 0 spiro atoms. The molecule has 0 radical (unpaired) electrons. The van der Waals surface area contributed by atoms with Gasteiger partial charge in [-0.05, 0) is 68.7 Å². The molecule has 0 amide bonds. The van der Waals surface area contributed by atoms with E-state index in [0.29, 0.717) is 12.5 Å². The summed E-state index contributed by atoms with van der Waals surface area (Å²) in [6, 6.07) is 2.48. The molecule has 2 aliphatic rings. The summed E-state index contributed by atoms with van der Waals surface area (Å²) >= 11 is 0. The summed E-state index contributed by atoms with van der Waals surface area (Å²) in [6.07, 6.45) is 0.344. The third kappa shape index (κ3) is 5.92. The molecule has 9 nitrogen and oxygen atoms in total. The molecule has 1 saturated heterocycles. The zero-order valence-corrected chi connectivity index (χ0v) is 18.1. The minimum atomic E-state index is -5.08. The first kappa shape index (κ1) is 25.2. The number of hydrogen-bond acceptors (Lipinski definition) is 6. The fraction of sp³-hybridized carbons (Fsp3) is 0.579. The van der Waals surface area contributed by atoms with Crippen LogP contribution in [0, 0.1) is 17.2 Å². The van der Waals surface area contributed by atoms with Gasteiger partial charge in [-0.2, -0.15) is 13.2 Å². The molecule has 1 aliphatic carbocycles. The number of rotatable bonds is 5. The topological polar surface area (TPSA) is 145 Å². The number of carboxylic acid groups (broad SMARTS) is 1. The monoisotopic (exact) mass is 497 g/mol. The van der Waals surface area contributed by atoms with Gasteiger partial charge in [-0.25, -0.2) is 27.5 Å². The van der Waals surface area contributed by atoms with Crippen molar-refractivity contribution in [1.82, 2.24) is 9.88 Å². The van der Waals surface area contributed by atoms with Gasteiger partial charge >= 0.3 is 17.9 Å². The van der Waals surface area contributed by atoms with Crippen molar-refractivity contribution in [3.05, 3.63) is 28.5 Å². The molecule has 2 aromatic rings. The minimum Gasteiger partial charge on any atom is -0.475 e.